The number of carbonyl (C=O) groups is 1. The van der Waals surface area contributed by atoms with Crippen molar-refractivity contribution in [2.45, 2.75) is 32.2 Å². The van der Waals surface area contributed by atoms with Gasteiger partial charge in [-0.2, -0.15) is 0 Å². The van der Waals surface area contributed by atoms with Gasteiger partial charge in [-0.3, -0.25) is 4.79 Å². The first-order valence-electron chi connectivity index (χ1n) is 5.96. The van der Waals surface area contributed by atoms with Gasteiger partial charge in [0.25, 0.3) is 5.91 Å². The molecule has 1 heterocycles. The van der Waals surface area contributed by atoms with Crippen LogP contribution in [-0.4, -0.2) is 23.4 Å². The predicted molar refractivity (Wildman–Crippen MR) is 65.2 cm³/mol. The van der Waals surface area contributed by atoms with E-state index in [1.165, 1.54) is 12.1 Å². The molecule has 0 saturated carbocycles. The number of nitrogens with two attached hydrogens (primary N) is 1. The summed E-state index contributed by atoms with van der Waals surface area (Å²) < 4.78 is 13.3. The molecule has 1 aliphatic heterocycles. The monoisotopic (exact) mass is 236 g/mol. The summed E-state index contributed by atoms with van der Waals surface area (Å²) in [5.41, 5.74) is 5.84. The van der Waals surface area contributed by atoms with Gasteiger partial charge in [-0.15, -0.1) is 0 Å². The normalized spacial score (nSPS) is 20.4. The van der Waals surface area contributed by atoms with E-state index in [1.807, 2.05) is 6.92 Å². The Morgan fingerprint density at radius 1 is 1.47 bits per heavy atom. The number of anilines is 1. The molecule has 0 bridgehead atoms. The fourth-order valence-electron chi connectivity index (χ4n) is 2.28. The average molecular weight is 236 g/mol. The van der Waals surface area contributed by atoms with Crippen LogP contribution in [0.3, 0.4) is 0 Å². The van der Waals surface area contributed by atoms with Crippen LogP contribution in [-0.2, 0) is 0 Å². The molecule has 0 radical (unpaired) electrons. The Hall–Kier alpha value is -1.58. The second-order valence-corrected chi connectivity index (χ2v) is 4.54. The highest BCUT2D eigenvalue weighted by Crippen LogP contribution is 2.23. The highest BCUT2D eigenvalue weighted by Gasteiger charge is 2.25. The molecule has 1 fully saturated rings. The van der Waals surface area contributed by atoms with Crippen LogP contribution in [0.5, 0.6) is 0 Å². The largest absolute Gasteiger partial charge is 0.396 e. The molecule has 92 valence electrons. The number of para-hydroxylation sites is 1. The van der Waals surface area contributed by atoms with Crippen LogP contribution in [0.2, 0.25) is 0 Å². The molecular formula is C13H17FN2O. The number of amides is 1. The van der Waals surface area contributed by atoms with E-state index < -0.39 is 5.82 Å². The number of piperidine rings is 1. The van der Waals surface area contributed by atoms with E-state index in [0.717, 1.165) is 25.8 Å². The molecule has 1 saturated heterocycles. The van der Waals surface area contributed by atoms with Crippen molar-refractivity contribution >= 4 is 11.6 Å². The first-order valence-corrected chi connectivity index (χ1v) is 5.96. The fraction of sp³-hybridized carbons (Fsp3) is 0.462. The lowest BCUT2D eigenvalue weighted by Crippen LogP contribution is -2.42. The smallest absolute Gasteiger partial charge is 0.256 e. The molecule has 1 aromatic carbocycles. The number of nitrogens with zero attached hydrogens (tertiary/aromatic N) is 1. The van der Waals surface area contributed by atoms with Gasteiger partial charge in [-0.05, 0) is 38.3 Å². The van der Waals surface area contributed by atoms with E-state index in [0.29, 0.717) is 0 Å². The molecule has 2 N–H and O–H groups in total. The van der Waals surface area contributed by atoms with Crippen molar-refractivity contribution in [1.29, 1.82) is 0 Å². The molecule has 3 nitrogen and oxygen atoms in total. The van der Waals surface area contributed by atoms with Crippen molar-refractivity contribution in [3.05, 3.63) is 29.6 Å². The van der Waals surface area contributed by atoms with Crippen LogP contribution in [0.4, 0.5) is 10.1 Å². The first-order chi connectivity index (χ1) is 8.11. The van der Waals surface area contributed by atoms with Crippen LogP contribution >= 0.6 is 0 Å². The Kier molecular flexibility index (Phi) is 3.31. The highest BCUT2D eigenvalue weighted by molar-refractivity contribution is 5.99. The van der Waals surface area contributed by atoms with Crippen LogP contribution in [0, 0.1) is 5.82 Å². The maximum absolute atomic E-state index is 13.3. The third kappa shape index (κ3) is 2.25. The lowest BCUT2D eigenvalue weighted by atomic mass is 10.0. The second-order valence-electron chi connectivity index (χ2n) is 4.54. The van der Waals surface area contributed by atoms with Crippen LogP contribution in [0.15, 0.2) is 18.2 Å². The molecule has 0 aliphatic carbocycles. The van der Waals surface area contributed by atoms with Gasteiger partial charge in [0, 0.05) is 12.6 Å². The summed E-state index contributed by atoms with van der Waals surface area (Å²) >= 11 is 0. The summed E-state index contributed by atoms with van der Waals surface area (Å²) in [6.07, 6.45) is 3.15. The number of rotatable bonds is 1. The summed E-state index contributed by atoms with van der Waals surface area (Å²) in [5, 5.41) is 0. The van der Waals surface area contributed by atoms with E-state index in [9.17, 15) is 9.18 Å². The number of likely N-dealkylation sites (tertiary alicyclic amines) is 1. The van der Waals surface area contributed by atoms with Gasteiger partial charge < -0.3 is 10.6 Å². The lowest BCUT2D eigenvalue weighted by molar-refractivity contribution is 0.0636. The minimum Gasteiger partial charge on any atom is -0.396 e. The molecule has 0 spiro atoms. The molecule has 2 rings (SSSR count). The van der Waals surface area contributed by atoms with Gasteiger partial charge in [-0.1, -0.05) is 6.07 Å². The second kappa shape index (κ2) is 4.73. The molecule has 0 aromatic heterocycles. The number of hydrogen-bond donors (Lipinski definition) is 1. The number of nitrogen functional groups attached to an aromatic ring is 1. The van der Waals surface area contributed by atoms with Crippen LogP contribution in [0.25, 0.3) is 0 Å². The van der Waals surface area contributed by atoms with Gasteiger partial charge in [-0.25, -0.2) is 4.39 Å². The Bertz CT molecular complexity index is 433. The summed E-state index contributed by atoms with van der Waals surface area (Å²) in [4.78, 5) is 14.0. The van der Waals surface area contributed by atoms with Gasteiger partial charge in [0.2, 0.25) is 0 Å². The van der Waals surface area contributed by atoms with E-state index in [1.54, 1.807) is 11.0 Å². The van der Waals surface area contributed by atoms with E-state index in [4.69, 9.17) is 5.73 Å². The van der Waals surface area contributed by atoms with Gasteiger partial charge in [0.1, 0.15) is 5.82 Å². The van der Waals surface area contributed by atoms with Crippen LogP contribution in [0.1, 0.15) is 36.5 Å². The Balaban J connectivity index is 2.27. The van der Waals surface area contributed by atoms with Crippen molar-refractivity contribution in [2.24, 2.45) is 0 Å². The number of carbonyl (C=O) groups excluding carboxylic acids is 1. The van der Waals surface area contributed by atoms with Gasteiger partial charge in [0.05, 0.1) is 11.3 Å². The zero-order chi connectivity index (χ0) is 12.4. The van der Waals surface area contributed by atoms with E-state index in [2.05, 4.69) is 0 Å². The Morgan fingerprint density at radius 3 is 2.94 bits per heavy atom. The van der Waals surface area contributed by atoms with E-state index >= 15 is 0 Å². The van der Waals surface area contributed by atoms with Gasteiger partial charge in [0.15, 0.2) is 0 Å². The molecule has 1 unspecified atom stereocenters. The van der Waals surface area contributed by atoms with Crippen molar-refractivity contribution in [3.8, 4) is 0 Å². The number of benzene rings is 1. The van der Waals surface area contributed by atoms with Crippen molar-refractivity contribution in [1.82, 2.24) is 4.90 Å². The topological polar surface area (TPSA) is 46.3 Å². The minimum absolute atomic E-state index is 0.0460. The Labute approximate surface area is 100 Å². The van der Waals surface area contributed by atoms with Crippen molar-refractivity contribution in [2.75, 3.05) is 12.3 Å². The van der Waals surface area contributed by atoms with Gasteiger partial charge >= 0.3 is 0 Å². The summed E-state index contributed by atoms with van der Waals surface area (Å²) in [7, 11) is 0. The summed E-state index contributed by atoms with van der Waals surface area (Å²) in [6.45, 7) is 2.75. The number of halogens is 1. The molecule has 1 aromatic rings. The SMILES string of the molecule is CC1CCCCN1C(=O)c1cccc(F)c1N. The predicted octanol–water partition coefficient (Wildman–Crippen LogP) is 2.42. The molecule has 1 aliphatic rings. The zero-order valence-corrected chi connectivity index (χ0v) is 9.95. The number of hydrogen-bond acceptors (Lipinski definition) is 2. The minimum atomic E-state index is -0.527. The lowest BCUT2D eigenvalue weighted by Gasteiger charge is -2.33. The molecule has 4 heteroatoms. The third-order valence-corrected chi connectivity index (χ3v) is 3.35. The molecule has 17 heavy (non-hydrogen) atoms. The third-order valence-electron chi connectivity index (χ3n) is 3.35. The average Bonchev–Trinajstić information content (AvgIpc) is 2.32. The highest BCUT2D eigenvalue weighted by atomic mass is 19.1. The first kappa shape index (κ1) is 11.9. The molecule has 1 atom stereocenters. The molecule has 1 amide bonds. The van der Waals surface area contributed by atoms with Crippen LogP contribution < -0.4 is 5.73 Å². The van der Waals surface area contributed by atoms with Crippen molar-refractivity contribution < 1.29 is 9.18 Å². The maximum atomic E-state index is 13.3. The standard InChI is InChI=1S/C13H17FN2O/c1-9-5-2-3-8-16(9)13(17)10-6-4-7-11(14)12(10)15/h4,6-7,9H,2-3,5,8,15H2,1H3. The quantitative estimate of drug-likeness (QED) is 0.761. The molecular weight excluding hydrogens is 219 g/mol. The fourth-order valence-corrected chi connectivity index (χ4v) is 2.28. The Morgan fingerprint density at radius 2 is 2.24 bits per heavy atom. The van der Waals surface area contributed by atoms with Crippen molar-refractivity contribution in [3.63, 3.8) is 0 Å². The summed E-state index contributed by atoms with van der Waals surface area (Å²) in [5.74, 6) is -0.685. The maximum Gasteiger partial charge on any atom is 0.256 e. The zero-order valence-electron chi connectivity index (χ0n) is 9.95. The summed E-state index contributed by atoms with van der Waals surface area (Å²) in [6, 6.07) is 4.58. The van der Waals surface area contributed by atoms with E-state index in [-0.39, 0.29) is 23.2 Å².